The van der Waals surface area contributed by atoms with Gasteiger partial charge in [0.1, 0.15) is 5.01 Å². The molecule has 1 N–H and O–H groups in total. The highest BCUT2D eigenvalue weighted by atomic mass is 32.1. The van der Waals surface area contributed by atoms with E-state index in [2.05, 4.69) is 15.5 Å². The Labute approximate surface area is 173 Å². The number of amides is 1. The molecule has 9 nitrogen and oxygen atoms in total. The van der Waals surface area contributed by atoms with E-state index in [0.29, 0.717) is 54.2 Å². The van der Waals surface area contributed by atoms with E-state index in [1.165, 1.54) is 0 Å². The Hall–Kier alpha value is -2.88. The van der Waals surface area contributed by atoms with Crippen LogP contribution in [-0.4, -0.2) is 48.5 Å². The highest BCUT2D eigenvalue weighted by molar-refractivity contribution is 7.15. The van der Waals surface area contributed by atoms with E-state index in [1.807, 2.05) is 20.8 Å². The molecule has 0 aliphatic heterocycles. The summed E-state index contributed by atoms with van der Waals surface area (Å²) >= 11 is 1.11. The maximum Gasteiger partial charge on any atom is 0.312 e. The number of aromatic nitrogens is 2. The average molecular weight is 423 g/mol. The van der Waals surface area contributed by atoms with Gasteiger partial charge in [-0.3, -0.25) is 14.9 Å². The van der Waals surface area contributed by atoms with E-state index < -0.39 is 11.9 Å². The third-order valence-corrected chi connectivity index (χ3v) is 4.30. The zero-order valence-corrected chi connectivity index (χ0v) is 17.8. The summed E-state index contributed by atoms with van der Waals surface area (Å²) in [6, 6.07) is 3.18. The lowest BCUT2D eigenvalue weighted by Gasteiger charge is -2.16. The zero-order chi connectivity index (χ0) is 21.2. The molecule has 0 unspecified atom stereocenters. The minimum Gasteiger partial charge on any atom is -0.490 e. The predicted molar refractivity (Wildman–Crippen MR) is 108 cm³/mol. The number of carbonyl (C=O) groups is 2. The third-order valence-electron chi connectivity index (χ3n) is 3.46. The van der Waals surface area contributed by atoms with Gasteiger partial charge < -0.3 is 18.9 Å². The summed E-state index contributed by atoms with van der Waals surface area (Å²) in [7, 11) is 0. The van der Waals surface area contributed by atoms with Crippen molar-refractivity contribution in [2.24, 2.45) is 0 Å². The van der Waals surface area contributed by atoms with Crippen molar-refractivity contribution >= 4 is 28.3 Å². The number of anilines is 1. The summed E-state index contributed by atoms with van der Waals surface area (Å²) in [4.78, 5) is 24.3. The van der Waals surface area contributed by atoms with Crippen LogP contribution in [0.3, 0.4) is 0 Å². The van der Waals surface area contributed by atoms with E-state index in [-0.39, 0.29) is 11.6 Å². The van der Waals surface area contributed by atoms with Crippen molar-refractivity contribution in [1.29, 1.82) is 0 Å². The summed E-state index contributed by atoms with van der Waals surface area (Å²) in [5.74, 6) is 0.501. The molecule has 0 aliphatic carbocycles. The van der Waals surface area contributed by atoms with Gasteiger partial charge in [0.05, 0.1) is 32.8 Å². The van der Waals surface area contributed by atoms with Crippen molar-refractivity contribution < 1.29 is 28.5 Å². The lowest BCUT2D eigenvalue weighted by Crippen LogP contribution is -2.13. The van der Waals surface area contributed by atoms with E-state index in [0.717, 1.165) is 11.3 Å². The minimum atomic E-state index is -0.409. The van der Waals surface area contributed by atoms with Crippen molar-refractivity contribution in [2.45, 2.75) is 34.1 Å². The fourth-order valence-electron chi connectivity index (χ4n) is 2.40. The average Bonchev–Trinajstić information content (AvgIpc) is 3.11. The van der Waals surface area contributed by atoms with E-state index in [1.54, 1.807) is 19.1 Å². The molecule has 2 rings (SSSR count). The van der Waals surface area contributed by atoms with Gasteiger partial charge in [-0.05, 0) is 39.8 Å². The highest BCUT2D eigenvalue weighted by Crippen LogP contribution is 2.39. The number of nitrogens with zero attached hydrogens (tertiary/aromatic N) is 2. The van der Waals surface area contributed by atoms with Gasteiger partial charge >= 0.3 is 5.97 Å². The fraction of sp³-hybridized carbons (Fsp3) is 0.474. The van der Waals surface area contributed by atoms with Gasteiger partial charge in [0.2, 0.25) is 10.9 Å². The topological polar surface area (TPSA) is 109 Å². The molecule has 0 fully saturated rings. The van der Waals surface area contributed by atoms with Crippen LogP contribution in [0, 0.1) is 0 Å². The van der Waals surface area contributed by atoms with Crippen molar-refractivity contribution in [3.63, 3.8) is 0 Å². The van der Waals surface area contributed by atoms with Crippen LogP contribution >= 0.6 is 11.3 Å². The smallest absolute Gasteiger partial charge is 0.312 e. The summed E-state index contributed by atoms with van der Waals surface area (Å²) < 4.78 is 21.8. The molecule has 1 amide bonds. The third kappa shape index (κ3) is 6.31. The second-order valence-electron chi connectivity index (χ2n) is 5.54. The van der Waals surface area contributed by atoms with Crippen LogP contribution in [0.2, 0.25) is 0 Å². The Morgan fingerprint density at radius 2 is 1.55 bits per heavy atom. The molecule has 0 radical (unpaired) electrons. The molecular formula is C19H25N3O6S. The van der Waals surface area contributed by atoms with Crippen molar-refractivity contribution in [3.8, 4) is 17.2 Å². The van der Waals surface area contributed by atoms with Gasteiger partial charge in [0, 0.05) is 5.56 Å². The molecule has 0 atom stereocenters. The molecule has 158 valence electrons. The number of carbonyl (C=O) groups excluding carboxylic acids is 2. The summed E-state index contributed by atoms with van der Waals surface area (Å²) in [5, 5.41) is 11.2. The quantitative estimate of drug-likeness (QED) is 0.549. The van der Waals surface area contributed by atoms with Crippen LogP contribution in [0.25, 0.3) is 0 Å². The number of rotatable bonds is 11. The number of hydrogen-bond donors (Lipinski definition) is 1. The Morgan fingerprint density at radius 1 is 0.931 bits per heavy atom. The first-order valence-electron chi connectivity index (χ1n) is 9.38. The Bertz CT molecular complexity index is 812. The Morgan fingerprint density at radius 3 is 2.10 bits per heavy atom. The number of nitrogens with one attached hydrogen (secondary N) is 1. The number of hydrogen-bond acceptors (Lipinski definition) is 9. The Balaban J connectivity index is 2.21. The number of ether oxygens (including phenoxy) is 4. The minimum absolute atomic E-state index is 0.00735. The maximum atomic E-state index is 12.7. The maximum absolute atomic E-state index is 12.7. The predicted octanol–water partition coefficient (Wildman–Crippen LogP) is 3.09. The largest absolute Gasteiger partial charge is 0.490 e. The summed E-state index contributed by atoms with van der Waals surface area (Å²) in [6.07, 6.45) is 0.00735. The lowest BCUT2D eigenvalue weighted by molar-refractivity contribution is -0.142. The van der Waals surface area contributed by atoms with Gasteiger partial charge in [-0.2, -0.15) is 0 Å². The molecule has 2 aromatic rings. The molecule has 0 saturated heterocycles. The van der Waals surface area contributed by atoms with Crippen LogP contribution in [0.4, 0.5) is 5.13 Å². The number of benzene rings is 1. The Kier molecular flexibility index (Phi) is 8.66. The van der Waals surface area contributed by atoms with E-state index in [9.17, 15) is 9.59 Å². The van der Waals surface area contributed by atoms with Crippen molar-refractivity contribution in [3.05, 3.63) is 22.7 Å². The van der Waals surface area contributed by atoms with E-state index in [4.69, 9.17) is 18.9 Å². The van der Waals surface area contributed by atoms with Gasteiger partial charge in [-0.1, -0.05) is 11.3 Å². The van der Waals surface area contributed by atoms with Gasteiger partial charge in [0.15, 0.2) is 11.5 Å². The summed E-state index contributed by atoms with van der Waals surface area (Å²) in [5.41, 5.74) is 0.322. The molecule has 0 spiro atoms. The van der Waals surface area contributed by atoms with Crippen LogP contribution < -0.4 is 19.5 Å². The molecule has 0 aliphatic rings. The second kappa shape index (κ2) is 11.2. The van der Waals surface area contributed by atoms with Gasteiger partial charge in [-0.25, -0.2) is 0 Å². The second-order valence-corrected chi connectivity index (χ2v) is 6.60. The molecular weight excluding hydrogens is 398 g/mol. The van der Waals surface area contributed by atoms with Crippen LogP contribution in [0.5, 0.6) is 17.2 Å². The van der Waals surface area contributed by atoms with Gasteiger partial charge in [0.25, 0.3) is 5.91 Å². The molecule has 29 heavy (non-hydrogen) atoms. The molecule has 1 heterocycles. The van der Waals surface area contributed by atoms with Crippen molar-refractivity contribution in [1.82, 2.24) is 10.2 Å². The lowest BCUT2D eigenvalue weighted by atomic mass is 10.1. The highest BCUT2D eigenvalue weighted by Gasteiger charge is 2.19. The van der Waals surface area contributed by atoms with Crippen LogP contribution in [0.15, 0.2) is 12.1 Å². The number of esters is 1. The SMILES string of the molecule is CCOC(=O)Cc1nnc(NC(=O)c2cc(OCC)c(OCC)c(OCC)c2)s1. The van der Waals surface area contributed by atoms with E-state index >= 15 is 0 Å². The first-order chi connectivity index (χ1) is 14.0. The van der Waals surface area contributed by atoms with Crippen LogP contribution in [-0.2, 0) is 16.0 Å². The molecule has 0 saturated carbocycles. The monoisotopic (exact) mass is 423 g/mol. The molecule has 1 aromatic carbocycles. The molecule has 10 heteroatoms. The van der Waals surface area contributed by atoms with Crippen molar-refractivity contribution in [2.75, 3.05) is 31.7 Å². The standard InChI is InChI=1S/C19H25N3O6S/c1-5-25-13-9-12(10-14(26-6-2)17(13)28-8-4)18(24)20-19-22-21-15(29-19)11-16(23)27-7-3/h9-10H,5-8,11H2,1-4H3,(H,20,22,24). The first kappa shape index (κ1) is 22.4. The molecule has 1 aromatic heterocycles. The summed E-state index contributed by atoms with van der Waals surface area (Å²) in [6.45, 7) is 8.81. The fourth-order valence-corrected chi connectivity index (χ4v) is 3.12. The zero-order valence-electron chi connectivity index (χ0n) is 16.9. The molecule has 0 bridgehead atoms. The van der Waals surface area contributed by atoms with Crippen LogP contribution in [0.1, 0.15) is 43.1 Å². The van der Waals surface area contributed by atoms with Gasteiger partial charge in [-0.15, -0.1) is 10.2 Å². The first-order valence-corrected chi connectivity index (χ1v) is 10.2. The normalized spacial score (nSPS) is 10.3.